The summed E-state index contributed by atoms with van der Waals surface area (Å²) in [4.78, 5) is 11.3. The van der Waals surface area contributed by atoms with E-state index >= 15 is 0 Å². The van der Waals surface area contributed by atoms with E-state index in [1.54, 1.807) is 0 Å². The fourth-order valence-corrected chi connectivity index (χ4v) is 3.59. The number of hydrogen-bond acceptors (Lipinski definition) is 2. The third kappa shape index (κ3) is 0.976. The van der Waals surface area contributed by atoms with Crippen LogP contribution in [0.5, 0.6) is 0 Å². The van der Waals surface area contributed by atoms with Crippen LogP contribution in [0.15, 0.2) is 0 Å². The average Bonchev–Trinajstić information content (AvgIpc) is 2.52. The van der Waals surface area contributed by atoms with Crippen LogP contribution in [0.2, 0.25) is 0 Å². The molecule has 0 N–H and O–H groups in total. The highest BCUT2D eigenvalue weighted by Gasteiger charge is 2.69. The van der Waals surface area contributed by atoms with Crippen LogP contribution >= 0.6 is 0 Å². The van der Waals surface area contributed by atoms with E-state index in [1.165, 1.54) is 12.8 Å². The van der Waals surface area contributed by atoms with Gasteiger partial charge in [-0.3, -0.25) is 4.79 Å². The standard InChI is InChI=1S/C11H16O2/c1-2-3-9(12)13-11-6-4-7-8(5-6)10(7)11/h6-8,10-11H,2-5H2,1H3. The second-order valence-electron chi connectivity index (χ2n) is 4.84. The summed E-state index contributed by atoms with van der Waals surface area (Å²) in [6, 6.07) is 0. The minimum atomic E-state index is 0.0331. The van der Waals surface area contributed by atoms with Crippen molar-refractivity contribution < 1.29 is 9.53 Å². The Bertz CT molecular complexity index is 234. The van der Waals surface area contributed by atoms with Crippen molar-refractivity contribution in [1.82, 2.24) is 0 Å². The molecule has 13 heavy (non-hydrogen) atoms. The highest BCUT2D eigenvalue weighted by atomic mass is 16.5. The lowest BCUT2D eigenvalue weighted by atomic mass is 10.1. The molecule has 0 heterocycles. The first-order valence-corrected chi connectivity index (χ1v) is 5.50. The quantitative estimate of drug-likeness (QED) is 0.621. The summed E-state index contributed by atoms with van der Waals surface area (Å²) < 4.78 is 5.52. The van der Waals surface area contributed by atoms with Crippen molar-refractivity contribution in [2.75, 3.05) is 0 Å². The van der Waals surface area contributed by atoms with Gasteiger partial charge in [-0.15, -0.1) is 0 Å². The first-order chi connectivity index (χ1) is 6.31. The topological polar surface area (TPSA) is 26.3 Å². The molecule has 4 fully saturated rings. The Morgan fingerprint density at radius 2 is 2.08 bits per heavy atom. The Morgan fingerprint density at radius 1 is 1.38 bits per heavy atom. The van der Waals surface area contributed by atoms with Crippen molar-refractivity contribution in [2.24, 2.45) is 23.7 Å². The Kier molecular flexibility index (Phi) is 1.50. The molecule has 3 atom stereocenters. The second-order valence-corrected chi connectivity index (χ2v) is 4.84. The van der Waals surface area contributed by atoms with Crippen molar-refractivity contribution in [1.29, 1.82) is 0 Å². The highest BCUT2D eigenvalue weighted by Crippen LogP contribution is 2.71. The fourth-order valence-electron chi connectivity index (χ4n) is 3.59. The Hall–Kier alpha value is -0.530. The van der Waals surface area contributed by atoms with Crippen molar-refractivity contribution in [3.05, 3.63) is 0 Å². The third-order valence-corrected chi connectivity index (χ3v) is 4.11. The minimum Gasteiger partial charge on any atom is -0.462 e. The normalized spacial score (nSPS) is 49.5. The van der Waals surface area contributed by atoms with E-state index in [2.05, 4.69) is 0 Å². The molecule has 0 aromatic rings. The van der Waals surface area contributed by atoms with Crippen molar-refractivity contribution >= 4 is 5.97 Å². The van der Waals surface area contributed by atoms with E-state index in [9.17, 15) is 4.79 Å². The van der Waals surface area contributed by atoms with Gasteiger partial charge in [0, 0.05) is 12.3 Å². The van der Waals surface area contributed by atoms with Crippen LogP contribution in [-0.2, 0) is 9.53 Å². The average molecular weight is 180 g/mol. The molecule has 0 saturated heterocycles. The van der Waals surface area contributed by atoms with Gasteiger partial charge in [-0.1, -0.05) is 6.92 Å². The van der Waals surface area contributed by atoms with Gasteiger partial charge in [0.1, 0.15) is 6.10 Å². The number of carbonyl (C=O) groups is 1. The zero-order valence-electron chi connectivity index (χ0n) is 8.03. The van der Waals surface area contributed by atoms with Crippen LogP contribution in [0.4, 0.5) is 0 Å². The SMILES string of the molecule is CCCC(=O)OC1C2CC3C(C2)C31. The summed E-state index contributed by atoms with van der Waals surface area (Å²) >= 11 is 0. The molecule has 4 bridgehead atoms. The van der Waals surface area contributed by atoms with Gasteiger partial charge in [-0.05, 0) is 37.0 Å². The van der Waals surface area contributed by atoms with Gasteiger partial charge in [0.15, 0.2) is 0 Å². The van der Waals surface area contributed by atoms with Crippen molar-refractivity contribution in [3.8, 4) is 0 Å². The molecule has 2 nitrogen and oxygen atoms in total. The number of carbonyl (C=O) groups excluding carboxylic acids is 1. The van der Waals surface area contributed by atoms with E-state index in [0.717, 1.165) is 30.1 Å². The first-order valence-electron chi connectivity index (χ1n) is 5.50. The van der Waals surface area contributed by atoms with E-state index < -0.39 is 0 Å². The molecule has 0 amide bonds. The van der Waals surface area contributed by atoms with Crippen LogP contribution in [-0.4, -0.2) is 12.1 Å². The van der Waals surface area contributed by atoms with Crippen LogP contribution in [0, 0.1) is 23.7 Å². The number of hydrogen-bond donors (Lipinski definition) is 0. The van der Waals surface area contributed by atoms with Gasteiger partial charge in [-0.2, -0.15) is 0 Å². The second kappa shape index (κ2) is 2.49. The minimum absolute atomic E-state index is 0.0331. The van der Waals surface area contributed by atoms with Gasteiger partial charge in [-0.25, -0.2) is 0 Å². The molecule has 0 aromatic heterocycles. The number of rotatable bonds is 3. The molecule has 4 aliphatic carbocycles. The molecule has 0 spiro atoms. The summed E-state index contributed by atoms with van der Waals surface area (Å²) in [6.07, 6.45) is 4.53. The Balaban J connectivity index is 1.60. The Labute approximate surface area is 78.6 Å². The molecular formula is C11H16O2. The lowest BCUT2D eigenvalue weighted by Gasteiger charge is -2.15. The molecule has 0 aliphatic heterocycles. The van der Waals surface area contributed by atoms with Crippen LogP contribution in [0.1, 0.15) is 32.6 Å². The predicted octanol–water partition coefficient (Wildman–Crippen LogP) is 1.98. The van der Waals surface area contributed by atoms with E-state index in [4.69, 9.17) is 4.74 Å². The van der Waals surface area contributed by atoms with Crippen LogP contribution in [0.25, 0.3) is 0 Å². The number of ether oxygens (including phenoxy) is 1. The smallest absolute Gasteiger partial charge is 0.306 e. The maximum Gasteiger partial charge on any atom is 0.306 e. The van der Waals surface area contributed by atoms with E-state index in [-0.39, 0.29) is 5.97 Å². The van der Waals surface area contributed by atoms with Gasteiger partial charge >= 0.3 is 5.97 Å². The fraction of sp³-hybridized carbons (Fsp3) is 0.909. The molecular weight excluding hydrogens is 164 g/mol. The Morgan fingerprint density at radius 3 is 2.54 bits per heavy atom. The third-order valence-electron chi connectivity index (χ3n) is 4.11. The molecule has 0 aromatic carbocycles. The summed E-state index contributed by atoms with van der Waals surface area (Å²) in [5, 5.41) is 0. The van der Waals surface area contributed by atoms with Crippen LogP contribution < -0.4 is 0 Å². The summed E-state index contributed by atoms with van der Waals surface area (Å²) in [5.41, 5.74) is 0. The summed E-state index contributed by atoms with van der Waals surface area (Å²) in [7, 11) is 0. The largest absolute Gasteiger partial charge is 0.462 e. The zero-order chi connectivity index (χ0) is 9.00. The van der Waals surface area contributed by atoms with Crippen molar-refractivity contribution in [2.45, 2.75) is 38.7 Å². The molecule has 72 valence electrons. The van der Waals surface area contributed by atoms with Gasteiger partial charge in [0.05, 0.1) is 0 Å². The van der Waals surface area contributed by atoms with E-state index in [0.29, 0.717) is 12.5 Å². The molecule has 0 radical (unpaired) electrons. The summed E-state index contributed by atoms with van der Waals surface area (Å²) in [5.74, 6) is 3.45. The maximum absolute atomic E-state index is 11.3. The predicted molar refractivity (Wildman–Crippen MR) is 48.0 cm³/mol. The molecule has 4 saturated carbocycles. The summed E-state index contributed by atoms with van der Waals surface area (Å²) in [6.45, 7) is 2.02. The molecule has 2 heteroatoms. The molecule has 4 aliphatic rings. The monoisotopic (exact) mass is 180 g/mol. The first kappa shape index (κ1) is 7.84. The molecule has 4 rings (SSSR count). The zero-order valence-corrected chi connectivity index (χ0v) is 8.03. The van der Waals surface area contributed by atoms with Crippen LogP contribution in [0.3, 0.4) is 0 Å². The lowest BCUT2D eigenvalue weighted by Crippen LogP contribution is -2.21. The molecule has 3 unspecified atom stereocenters. The highest BCUT2D eigenvalue weighted by molar-refractivity contribution is 5.69. The van der Waals surface area contributed by atoms with Crippen molar-refractivity contribution in [3.63, 3.8) is 0 Å². The van der Waals surface area contributed by atoms with Gasteiger partial charge < -0.3 is 4.74 Å². The lowest BCUT2D eigenvalue weighted by molar-refractivity contribution is -0.151. The number of esters is 1. The van der Waals surface area contributed by atoms with E-state index in [1.807, 2.05) is 6.92 Å². The van der Waals surface area contributed by atoms with Gasteiger partial charge in [0.2, 0.25) is 0 Å². The maximum atomic E-state index is 11.3. The van der Waals surface area contributed by atoms with Gasteiger partial charge in [0.25, 0.3) is 0 Å².